The highest BCUT2D eigenvalue weighted by molar-refractivity contribution is 5.76. The van der Waals surface area contributed by atoms with Crippen LogP contribution in [0.25, 0.3) is 0 Å². The quantitative estimate of drug-likeness (QED) is 0.0274. The summed E-state index contributed by atoms with van der Waals surface area (Å²) in [6.07, 6.45) is 50.3. The van der Waals surface area contributed by atoms with Gasteiger partial charge in [0.15, 0.2) is 6.29 Å². The molecule has 59 heavy (non-hydrogen) atoms. The van der Waals surface area contributed by atoms with Gasteiger partial charge in [-0.25, -0.2) is 0 Å². The third-order valence-corrected chi connectivity index (χ3v) is 9.81. The topological polar surface area (TPSA) is 149 Å². The minimum atomic E-state index is -1.58. The summed E-state index contributed by atoms with van der Waals surface area (Å²) in [5.41, 5.74) is 0. The first kappa shape index (κ1) is 53.9. The van der Waals surface area contributed by atoms with Crippen LogP contribution in [0.5, 0.6) is 0 Å². The molecule has 0 aliphatic carbocycles. The highest BCUT2D eigenvalue weighted by atomic mass is 16.7. The van der Waals surface area contributed by atoms with Gasteiger partial charge >= 0.3 is 0 Å². The number of amides is 1. The van der Waals surface area contributed by atoms with Crippen LogP contribution in [0.1, 0.15) is 142 Å². The van der Waals surface area contributed by atoms with E-state index in [1.165, 1.54) is 19.3 Å². The highest BCUT2D eigenvalue weighted by Crippen LogP contribution is 2.22. The minimum absolute atomic E-state index is 0.210. The Morgan fingerprint density at radius 2 is 1.07 bits per heavy atom. The third-order valence-electron chi connectivity index (χ3n) is 9.81. The number of ether oxygens (including phenoxy) is 2. The molecule has 1 fully saturated rings. The molecule has 1 rings (SSSR count). The van der Waals surface area contributed by atoms with Gasteiger partial charge in [-0.2, -0.15) is 0 Å². The van der Waals surface area contributed by atoms with Crippen LogP contribution in [0.15, 0.2) is 109 Å². The van der Waals surface area contributed by atoms with Crippen molar-refractivity contribution in [2.24, 2.45) is 0 Å². The molecule has 1 heterocycles. The fourth-order valence-corrected chi connectivity index (χ4v) is 6.22. The van der Waals surface area contributed by atoms with Crippen molar-refractivity contribution in [2.45, 2.75) is 185 Å². The predicted octanol–water partition coefficient (Wildman–Crippen LogP) is 9.50. The number of hydrogen-bond donors (Lipinski definition) is 6. The Labute approximate surface area is 357 Å². The number of carbonyl (C=O) groups excluding carboxylic acids is 1. The molecule has 0 saturated carbocycles. The number of allylic oxidation sites excluding steroid dienone is 17. The van der Waals surface area contributed by atoms with E-state index in [9.17, 15) is 30.3 Å². The van der Waals surface area contributed by atoms with Crippen LogP contribution in [0.2, 0.25) is 0 Å². The maximum absolute atomic E-state index is 12.9. The summed E-state index contributed by atoms with van der Waals surface area (Å²) in [5, 5.41) is 53.8. The van der Waals surface area contributed by atoms with Gasteiger partial charge in [0.25, 0.3) is 0 Å². The normalized spacial score (nSPS) is 21.8. The van der Waals surface area contributed by atoms with Crippen molar-refractivity contribution in [3.05, 3.63) is 109 Å². The van der Waals surface area contributed by atoms with Gasteiger partial charge in [-0.15, -0.1) is 0 Å². The minimum Gasteiger partial charge on any atom is -0.394 e. The van der Waals surface area contributed by atoms with Gasteiger partial charge in [-0.05, 0) is 83.5 Å². The molecule has 6 N–H and O–H groups in total. The van der Waals surface area contributed by atoms with Crippen molar-refractivity contribution in [1.82, 2.24) is 5.32 Å². The first-order valence-electron chi connectivity index (χ1n) is 22.6. The zero-order valence-electron chi connectivity index (χ0n) is 36.5. The van der Waals surface area contributed by atoms with Crippen LogP contribution in [0.4, 0.5) is 0 Å². The lowest BCUT2D eigenvalue weighted by atomic mass is 9.99. The molecule has 0 aromatic carbocycles. The second-order valence-corrected chi connectivity index (χ2v) is 15.1. The van der Waals surface area contributed by atoms with Crippen LogP contribution in [0.3, 0.4) is 0 Å². The first-order chi connectivity index (χ1) is 28.8. The van der Waals surface area contributed by atoms with Gasteiger partial charge in [0, 0.05) is 6.42 Å². The van der Waals surface area contributed by atoms with Crippen LogP contribution < -0.4 is 5.32 Å². The average Bonchev–Trinajstić information content (AvgIpc) is 3.23. The molecule has 9 nitrogen and oxygen atoms in total. The molecular formula is C50H81NO8. The van der Waals surface area contributed by atoms with Crippen LogP contribution in [0, 0.1) is 0 Å². The fourth-order valence-electron chi connectivity index (χ4n) is 6.22. The summed E-state index contributed by atoms with van der Waals surface area (Å²) in [7, 11) is 0. The van der Waals surface area contributed by atoms with Crippen LogP contribution in [-0.4, -0.2) is 87.5 Å². The van der Waals surface area contributed by atoms with Crippen molar-refractivity contribution < 1.29 is 39.8 Å². The predicted molar refractivity (Wildman–Crippen MR) is 244 cm³/mol. The molecule has 1 saturated heterocycles. The summed E-state index contributed by atoms with van der Waals surface area (Å²) in [6.45, 7) is 3.49. The number of aliphatic hydroxyl groups excluding tert-OH is 5. The first-order valence-corrected chi connectivity index (χ1v) is 22.6. The van der Waals surface area contributed by atoms with E-state index in [0.717, 1.165) is 103 Å². The van der Waals surface area contributed by atoms with Gasteiger partial charge < -0.3 is 40.3 Å². The van der Waals surface area contributed by atoms with Crippen molar-refractivity contribution in [3.8, 4) is 0 Å². The molecule has 0 spiro atoms. The lowest BCUT2D eigenvalue weighted by Crippen LogP contribution is -2.60. The van der Waals surface area contributed by atoms with E-state index in [-0.39, 0.29) is 12.5 Å². The molecule has 9 heteroatoms. The molecule has 334 valence electrons. The molecule has 0 radical (unpaired) electrons. The van der Waals surface area contributed by atoms with Crippen molar-refractivity contribution >= 4 is 5.91 Å². The Kier molecular flexibility index (Phi) is 35.6. The fraction of sp³-hybridized carbons (Fsp3) is 0.620. The summed E-state index contributed by atoms with van der Waals surface area (Å²) in [6, 6.07) is -0.832. The molecule has 7 atom stereocenters. The summed E-state index contributed by atoms with van der Waals surface area (Å²) in [5.74, 6) is -0.210. The Bertz CT molecular complexity index is 1280. The van der Waals surface area contributed by atoms with Gasteiger partial charge in [0.05, 0.1) is 25.4 Å². The van der Waals surface area contributed by atoms with E-state index in [4.69, 9.17) is 9.47 Å². The van der Waals surface area contributed by atoms with Gasteiger partial charge in [0.2, 0.25) is 5.91 Å². The zero-order valence-corrected chi connectivity index (χ0v) is 36.5. The number of aliphatic hydroxyl groups is 5. The largest absolute Gasteiger partial charge is 0.394 e. The van der Waals surface area contributed by atoms with E-state index in [1.54, 1.807) is 6.08 Å². The second kappa shape index (κ2) is 39.0. The van der Waals surface area contributed by atoms with E-state index >= 15 is 0 Å². The molecule has 1 aliphatic heterocycles. The Morgan fingerprint density at radius 3 is 1.61 bits per heavy atom. The molecule has 1 amide bonds. The lowest BCUT2D eigenvalue weighted by Gasteiger charge is -2.40. The third kappa shape index (κ3) is 29.7. The Balaban J connectivity index is 2.22. The van der Waals surface area contributed by atoms with Crippen molar-refractivity contribution in [1.29, 1.82) is 0 Å². The summed E-state index contributed by atoms with van der Waals surface area (Å²) < 4.78 is 11.1. The SMILES string of the molecule is CC/C=C\C/C=C\C/C=C\C/C=C\C/C=C\C/C=C\C/C=C\CCCCCCCCCC(=O)NC(COC1OC(CO)C(O)C(O)C1O)C(O)/C=C/CC/C=C/CCC. The zero-order chi connectivity index (χ0) is 43.0. The number of carbonyl (C=O) groups is 1. The number of rotatable bonds is 35. The van der Waals surface area contributed by atoms with Crippen molar-refractivity contribution in [2.75, 3.05) is 13.2 Å². The molecule has 7 unspecified atom stereocenters. The summed E-state index contributed by atoms with van der Waals surface area (Å²) >= 11 is 0. The molecule has 0 bridgehead atoms. The maximum Gasteiger partial charge on any atom is 0.220 e. The average molecular weight is 824 g/mol. The monoisotopic (exact) mass is 824 g/mol. The van der Waals surface area contributed by atoms with E-state index < -0.39 is 49.5 Å². The summed E-state index contributed by atoms with van der Waals surface area (Å²) in [4.78, 5) is 12.9. The Morgan fingerprint density at radius 1 is 0.593 bits per heavy atom. The van der Waals surface area contributed by atoms with Gasteiger partial charge in [-0.3, -0.25) is 4.79 Å². The number of nitrogens with one attached hydrogen (secondary N) is 1. The van der Waals surface area contributed by atoms with E-state index in [2.05, 4.69) is 116 Å². The maximum atomic E-state index is 12.9. The standard InChI is InChI=1S/C50H81NO8/c1-3-5-7-9-11-12-13-14-15-16-17-18-19-20-21-22-23-24-25-26-27-28-29-30-31-32-34-36-38-40-46(54)51-43(44(53)39-37-35-33-10-8-6-4-2)42-58-50-49(57)48(56)47(55)45(41-52)59-50/h5,7-8,10-12,14-15,17-18,20-21,23-24,26-27,37,39,43-45,47-50,52-53,55-57H,3-4,6,9,13,16,19,22,25,28-36,38,40-42H2,1-2H3,(H,51,54)/b7-5-,10-8+,12-11-,15-14-,18-17-,21-20-,24-23-,27-26-,39-37+. The highest BCUT2D eigenvalue weighted by Gasteiger charge is 2.44. The number of unbranched alkanes of at least 4 members (excludes halogenated alkanes) is 9. The molecular weight excluding hydrogens is 743 g/mol. The van der Waals surface area contributed by atoms with E-state index in [0.29, 0.717) is 6.42 Å². The second-order valence-electron chi connectivity index (χ2n) is 15.1. The lowest BCUT2D eigenvalue weighted by molar-refractivity contribution is -0.302. The van der Waals surface area contributed by atoms with Gasteiger partial charge in [0.1, 0.15) is 24.4 Å². The molecule has 0 aromatic heterocycles. The Hall–Kier alpha value is -3.15. The van der Waals surface area contributed by atoms with E-state index in [1.807, 2.05) is 6.08 Å². The molecule has 0 aromatic rings. The van der Waals surface area contributed by atoms with Crippen LogP contribution >= 0.6 is 0 Å². The van der Waals surface area contributed by atoms with Gasteiger partial charge in [-0.1, -0.05) is 162 Å². The van der Waals surface area contributed by atoms with Crippen LogP contribution in [-0.2, 0) is 14.3 Å². The smallest absolute Gasteiger partial charge is 0.220 e. The van der Waals surface area contributed by atoms with Crippen molar-refractivity contribution in [3.63, 3.8) is 0 Å². The molecule has 1 aliphatic rings. The number of hydrogen-bond acceptors (Lipinski definition) is 8.